The van der Waals surface area contributed by atoms with Crippen LogP contribution in [0.3, 0.4) is 0 Å². The number of hydrogen-bond donors (Lipinski definition) is 0. The van der Waals surface area contributed by atoms with Gasteiger partial charge in [0.2, 0.25) is 5.91 Å². The lowest BCUT2D eigenvalue weighted by molar-refractivity contribution is -0.133. The minimum Gasteiger partial charge on any atom is -0.341 e. The maximum atomic E-state index is 12.9. The molecule has 0 bridgehead atoms. The van der Waals surface area contributed by atoms with Gasteiger partial charge in [0.25, 0.3) is 0 Å². The van der Waals surface area contributed by atoms with E-state index in [2.05, 4.69) is 4.90 Å². The van der Waals surface area contributed by atoms with Crippen LogP contribution < -0.4 is 0 Å². The standard InChI is InChI=1S/C21H28Cl2N2O2/c1-14(26)16-9-10-25(13-16)20-6-4-3-5-19(20)24(2)21(27)12-15-7-8-17(22)18(23)11-15/h7-8,11,16,19-20H,3-6,9-10,12-13H2,1-2H3. The molecule has 1 aromatic rings. The van der Waals surface area contributed by atoms with E-state index in [0.29, 0.717) is 22.5 Å². The largest absolute Gasteiger partial charge is 0.341 e. The third kappa shape index (κ3) is 4.85. The SMILES string of the molecule is CC(=O)C1CCN(C2CCCCC2N(C)C(=O)Cc2ccc(Cl)c(Cl)c2)C1. The first kappa shape index (κ1) is 20.6. The molecule has 1 amide bonds. The summed E-state index contributed by atoms with van der Waals surface area (Å²) in [7, 11) is 1.92. The molecule has 1 saturated heterocycles. The highest BCUT2D eigenvalue weighted by Crippen LogP contribution is 2.31. The molecule has 3 unspecified atom stereocenters. The molecule has 1 saturated carbocycles. The van der Waals surface area contributed by atoms with Crippen LogP contribution in [0, 0.1) is 5.92 Å². The maximum Gasteiger partial charge on any atom is 0.227 e. The molecule has 6 heteroatoms. The van der Waals surface area contributed by atoms with Gasteiger partial charge in [-0.3, -0.25) is 14.5 Å². The number of carbonyl (C=O) groups is 2. The Labute approximate surface area is 171 Å². The van der Waals surface area contributed by atoms with E-state index < -0.39 is 0 Å². The fourth-order valence-electron chi connectivity index (χ4n) is 4.52. The smallest absolute Gasteiger partial charge is 0.227 e. The van der Waals surface area contributed by atoms with Crippen molar-refractivity contribution < 1.29 is 9.59 Å². The summed E-state index contributed by atoms with van der Waals surface area (Å²) in [4.78, 5) is 29.0. The third-order valence-corrected chi connectivity index (χ3v) is 6.93. The second-order valence-electron chi connectivity index (χ2n) is 7.94. The number of rotatable bonds is 5. The molecular weight excluding hydrogens is 383 g/mol. The molecule has 0 N–H and O–H groups in total. The van der Waals surface area contributed by atoms with E-state index in [1.807, 2.05) is 18.0 Å². The zero-order chi connectivity index (χ0) is 19.6. The highest BCUT2D eigenvalue weighted by molar-refractivity contribution is 6.42. The minimum absolute atomic E-state index is 0.104. The number of halogens is 2. The van der Waals surface area contributed by atoms with Crippen molar-refractivity contribution in [2.45, 2.75) is 57.5 Å². The van der Waals surface area contributed by atoms with E-state index in [0.717, 1.165) is 44.3 Å². The molecule has 2 aliphatic rings. The second-order valence-corrected chi connectivity index (χ2v) is 8.75. The fourth-order valence-corrected chi connectivity index (χ4v) is 4.84. The lowest BCUT2D eigenvalue weighted by atomic mass is 9.88. The Morgan fingerprint density at radius 2 is 1.89 bits per heavy atom. The van der Waals surface area contributed by atoms with Crippen molar-refractivity contribution in [2.24, 2.45) is 5.92 Å². The van der Waals surface area contributed by atoms with Crippen LogP contribution in [-0.2, 0) is 16.0 Å². The van der Waals surface area contributed by atoms with Gasteiger partial charge in [0.1, 0.15) is 5.78 Å². The predicted octanol–water partition coefficient (Wildman–Crippen LogP) is 4.22. The molecule has 1 heterocycles. The Balaban J connectivity index is 1.67. The summed E-state index contributed by atoms with van der Waals surface area (Å²) in [5, 5.41) is 0.982. The van der Waals surface area contributed by atoms with Crippen molar-refractivity contribution in [3.05, 3.63) is 33.8 Å². The van der Waals surface area contributed by atoms with Crippen LogP contribution in [0.2, 0.25) is 10.0 Å². The number of carbonyl (C=O) groups excluding carboxylic acids is 2. The molecule has 1 aliphatic carbocycles. The Bertz CT molecular complexity index is 709. The number of Topliss-reactive ketones (excluding diaryl/α,β-unsaturated/α-hetero) is 1. The van der Waals surface area contributed by atoms with Crippen LogP contribution in [-0.4, -0.2) is 53.7 Å². The topological polar surface area (TPSA) is 40.6 Å². The van der Waals surface area contributed by atoms with Gasteiger partial charge in [-0.25, -0.2) is 0 Å². The van der Waals surface area contributed by atoms with Crippen LogP contribution in [0.15, 0.2) is 18.2 Å². The summed E-state index contributed by atoms with van der Waals surface area (Å²) < 4.78 is 0. The van der Waals surface area contributed by atoms with Gasteiger partial charge in [-0.1, -0.05) is 42.1 Å². The molecule has 0 radical (unpaired) electrons. The Morgan fingerprint density at radius 3 is 2.56 bits per heavy atom. The van der Waals surface area contributed by atoms with Crippen LogP contribution >= 0.6 is 23.2 Å². The summed E-state index contributed by atoms with van der Waals surface area (Å²) in [5.41, 5.74) is 0.881. The first-order chi connectivity index (χ1) is 12.9. The number of likely N-dealkylation sites (tertiary alicyclic amines) is 1. The molecule has 0 aromatic heterocycles. The van der Waals surface area contributed by atoms with Crippen molar-refractivity contribution in [3.63, 3.8) is 0 Å². The molecule has 4 nitrogen and oxygen atoms in total. The average Bonchev–Trinajstić information content (AvgIpc) is 3.14. The first-order valence-electron chi connectivity index (χ1n) is 9.81. The fraction of sp³-hybridized carbons (Fsp3) is 0.619. The van der Waals surface area contributed by atoms with Gasteiger partial charge in [-0.2, -0.15) is 0 Å². The van der Waals surface area contributed by atoms with E-state index in [1.165, 1.54) is 6.42 Å². The molecule has 27 heavy (non-hydrogen) atoms. The highest BCUT2D eigenvalue weighted by atomic mass is 35.5. The summed E-state index contributed by atoms with van der Waals surface area (Å²) >= 11 is 12.1. The summed E-state index contributed by atoms with van der Waals surface area (Å²) in [6.45, 7) is 3.49. The average molecular weight is 411 g/mol. The van der Waals surface area contributed by atoms with Gasteiger partial charge in [-0.05, 0) is 50.4 Å². The first-order valence-corrected chi connectivity index (χ1v) is 10.6. The van der Waals surface area contributed by atoms with Gasteiger partial charge < -0.3 is 4.90 Å². The van der Waals surface area contributed by atoms with Crippen LogP contribution in [0.4, 0.5) is 0 Å². The molecule has 1 aromatic carbocycles. The summed E-state index contributed by atoms with van der Waals surface area (Å²) in [5.74, 6) is 0.548. The van der Waals surface area contributed by atoms with Gasteiger partial charge in [0.15, 0.2) is 0 Å². The van der Waals surface area contributed by atoms with Crippen molar-refractivity contribution in [1.82, 2.24) is 9.80 Å². The lowest BCUT2D eigenvalue weighted by Crippen LogP contribution is -2.53. The van der Waals surface area contributed by atoms with Gasteiger partial charge in [0.05, 0.1) is 16.5 Å². The van der Waals surface area contributed by atoms with Gasteiger partial charge in [-0.15, -0.1) is 0 Å². The highest BCUT2D eigenvalue weighted by Gasteiger charge is 2.38. The predicted molar refractivity (Wildman–Crippen MR) is 109 cm³/mol. The van der Waals surface area contributed by atoms with Gasteiger partial charge >= 0.3 is 0 Å². The van der Waals surface area contributed by atoms with Crippen molar-refractivity contribution in [3.8, 4) is 0 Å². The van der Waals surface area contributed by atoms with Crippen molar-refractivity contribution in [1.29, 1.82) is 0 Å². The molecule has 3 atom stereocenters. The molecule has 148 valence electrons. The Hall–Kier alpha value is -1.10. The lowest BCUT2D eigenvalue weighted by Gasteiger charge is -2.42. The van der Waals surface area contributed by atoms with E-state index in [-0.39, 0.29) is 23.7 Å². The molecule has 3 rings (SSSR count). The maximum absolute atomic E-state index is 12.9. The summed E-state index contributed by atoms with van der Waals surface area (Å²) in [6.07, 6.45) is 5.73. The van der Waals surface area contributed by atoms with Crippen molar-refractivity contribution >= 4 is 34.9 Å². The summed E-state index contributed by atoms with van der Waals surface area (Å²) in [6, 6.07) is 5.93. The number of ketones is 1. The van der Waals surface area contributed by atoms with Crippen LogP contribution in [0.5, 0.6) is 0 Å². The number of hydrogen-bond acceptors (Lipinski definition) is 3. The third-order valence-electron chi connectivity index (χ3n) is 6.19. The van der Waals surface area contributed by atoms with E-state index in [4.69, 9.17) is 23.2 Å². The van der Waals surface area contributed by atoms with E-state index >= 15 is 0 Å². The number of benzene rings is 1. The molecular formula is C21H28Cl2N2O2. The minimum atomic E-state index is 0.104. The monoisotopic (exact) mass is 410 g/mol. The van der Waals surface area contributed by atoms with Crippen LogP contribution in [0.1, 0.15) is 44.6 Å². The second kappa shape index (κ2) is 8.93. The normalized spacial score (nSPS) is 26.1. The Kier molecular flexibility index (Phi) is 6.83. The molecule has 0 spiro atoms. The van der Waals surface area contributed by atoms with E-state index in [9.17, 15) is 9.59 Å². The van der Waals surface area contributed by atoms with Crippen LogP contribution in [0.25, 0.3) is 0 Å². The quantitative estimate of drug-likeness (QED) is 0.729. The van der Waals surface area contributed by atoms with E-state index in [1.54, 1.807) is 19.1 Å². The zero-order valence-electron chi connectivity index (χ0n) is 16.1. The zero-order valence-corrected chi connectivity index (χ0v) is 17.6. The number of amides is 1. The molecule has 1 aliphatic heterocycles. The number of nitrogens with zero attached hydrogens (tertiary/aromatic N) is 2. The number of likely N-dealkylation sites (N-methyl/N-ethyl adjacent to an activating group) is 1. The van der Waals surface area contributed by atoms with Crippen molar-refractivity contribution in [2.75, 3.05) is 20.1 Å². The Morgan fingerprint density at radius 1 is 1.15 bits per heavy atom. The molecule has 2 fully saturated rings. The van der Waals surface area contributed by atoms with Gasteiger partial charge in [0, 0.05) is 31.6 Å².